The monoisotopic (exact) mass is 182 g/mol. The maximum Gasteiger partial charge on any atom is 0.219 e. The summed E-state index contributed by atoms with van der Waals surface area (Å²) >= 11 is 0. The van der Waals surface area contributed by atoms with Gasteiger partial charge in [0.15, 0.2) is 0 Å². The van der Waals surface area contributed by atoms with Gasteiger partial charge in [0.1, 0.15) is 5.82 Å². The van der Waals surface area contributed by atoms with Crippen molar-refractivity contribution in [1.82, 2.24) is 9.55 Å². The van der Waals surface area contributed by atoms with Crippen molar-refractivity contribution >= 4 is 5.91 Å². The maximum absolute atomic E-state index is 10.6. The van der Waals surface area contributed by atoms with Gasteiger partial charge < -0.3 is 16.0 Å². The number of aromatic nitrogens is 2. The Kier molecular flexibility index (Phi) is 3.02. The first-order valence-electron chi connectivity index (χ1n) is 4.20. The van der Waals surface area contributed by atoms with Crippen LogP contribution in [0.5, 0.6) is 0 Å². The molecule has 1 atom stereocenters. The van der Waals surface area contributed by atoms with Crippen LogP contribution in [0, 0.1) is 0 Å². The fraction of sp³-hybridized carbons (Fsp3) is 0.500. The van der Waals surface area contributed by atoms with E-state index >= 15 is 0 Å². The molecule has 0 bridgehead atoms. The molecule has 72 valence electrons. The summed E-state index contributed by atoms with van der Waals surface area (Å²) in [5.41, 5.74) is 10.8. The summed E-state index contributed by atoms with van der Waals surface area (Å²) in [5.74, 6) is 0.305. The van der Waals surface area contributed by atoms with Gasteiger partial charge in [0, 0.05) is 25.4 Å². The SMILES string of the molecule is CCn1ccnc1[C@H](N)CC(N)=O. The lowest BCUT2D eigenvalue weighted by molar-refractivity contribution is -0.118. The molecule has 0 saturated heterocycles. The van der Waals surface area contributed by atoms with Crippen molar-refractivity contribution in [3.63, 3.8) is 0 Å². The van der Waals surface area contributed by atoms with Crippen molar-refractivity contribution < 1.29 is 4.79 Å². The van der Waals surface area contributed by atoms with Crippen molar-refractivity contribution in [2.45, 2.75) is 25.9 Å². The smallest absolute Gasteiger partial charge is 0.219 e. The van der Waals surface area contributed by atoms with Crippen LogP contribution in [-0.2, 0) is 11.3 Å². The highest BCUT2D eigenvalue weighted by Gasteiger charge is 2.13. The molecule has 1 aromatic rings. The summed E-state index contributed by atoms with van der Waals surface area (Å²) in [5, 5.41) is 0. The van der Waals surface area contributed by atoms with E-state index in [0.717, 1.165) is 6.54 Å². The summed E-state index contributed by atoms with van der Waals surface area (Å²) in [4.78, 5) is 14.7. The molecule has 0 aliphatic rings. The van der Waals surface area contributed by atoms with E-state index < -0.39 is 11.9 Å². The van der Waals surface area contributed by atoms with Crippen LogP contribution in [0.4, 0.5) is 0 Å². The molecule has 0 aromatic carbocycles. The first-order chi connectivity index (χ1) is 6.15. The Balaban J connectivity index is 2.75. The minimum atomic E-state index is -0.404. The Morgan fingerprint density at radius 3 is 3.00 bits per heavy atom. The third kappa shape index (κ3) is 2.29. The van der Waals surface area contributed by atoms with E-state index in [9.17, 15) is 4.79 Å². The van der Waals surface area contributed by atoms with Crippen molar-refractivity contribution in [3.8, 4) is 0 Å². The molecule has 0 fully saturated rings. The van der Waals surface area contributed by atoms with Gasteiger partial charge >= 0.3 is 0 Å². The number of amides is 1. The van der Waals surface area contributed by atoms with Gasteiger partial charge in [0.2, 0.25) is 5.91 Å². The predicted octanol–water partition coefficient (Wildman–Crippen LogP) is -0.222. The number of carbonyl (C=O) groups excluding carboxylic acids is 1. The second-order valence-corrected chi connectivity index (χ2v) is 2.85. The van der Waals surface area contributed by atoms with Crippen LogP contribution in [-0.4, -0.2) is 15.5 Å². The van der Waals surface area contributed by atoms with Crippen LogP contribution in [0.1, 0.15) is 25.2 Å². The van der Waals surface area contributed by atoms with Crippen molar-refractivity contribution in [2.24, 2.45) is 11.5 Å². The van der Waals surface area contributed by atoms with Gasteiger partial charge in [-0.2, -0.15) is 0 Å². The zero-order chi connectivity index (χ0) is 9.84. The number of aryl methyl sites for hydroxylation is 1. The van der Waals surface area contributed by atoms with Crippen LogP contribution in [0.3, 0.4) is 0 Å². The molecule has 0 radical (unpaired) electrons. The molecule has 1 aromatic heterocycles. The average molecular weight is 182 g/mol. The third-order valence-electron chi connectivity index (χ3n) is 1.84. The first-order valence-corrected chi connectivity index (χ1v) is 4.20. The van der Waals surface area contributed by atoms with Gasteiger partial charge in [0.05, 0.1) is 6.04 Å². The lowest BCUT2D eigenvalue weighted by Crippen LogP contribution is -2.23. The number of nitrogens with two attached hydrogens (primary N) is 2. The Morgan fingerprint density at radius 1 is 1.77 bits per heavy atom. The van der Waals surface area contributed by atoms with Gasteiger partial charge in [-0.25, -0.2) is 4.98 Å². The molecule has 0 aliphatic carbocycles. The van der Waals surface area contributed by atoms with E-state index in [1.54, 1.807) is 6.20 Å². The summed E-state index contributed by atoms with van der Waals surface area (Å²) < 4.78 is 1.90. The standard InChI is InChI=1S/C8H14N4O/c1-2-12-4-3-11-8(12)6(9)5-7(10)13/h3-4,6H,2,5,9H2,1H3,(H2,10,13)/t6-/m1/s1. The third-order valence-corrected chi connectivity index (χ3v) is 1.84. The molecule has 1 amide bonds. The highest BCUT2D eigenvalue weighted by Crippen LogP contribution is 2.10. The second-order valence-electron chi connectivity index (χ2n) is 2.85. The Morgan fingerprint density at radius 2 is 2.46 bits per heavy atom. The van der Waals surface area contributed by atoms with Crippen LogP contribution in [0.2, 0.25) is 0 Å². The molecule has 1 heterocycles. The molecule has 0 saturated carbocycles. The van der Waals surface area contributed by atoms with Crippen molar-refractivity contribution in [3.05, 3.63) is 18.2 Å². The summed E-state index contributed by atoms with van der Waals surface area (Å²) in [6.07, 6.45) is 3.63. The molecule has 1 rings (SSSR count). The minimum Gasteiger partial charge on any atom is -0.370 e. The summed E-state index contributed by atoms with van der Waals surface area (Å²) in [7, 11) is 0. The molecule has 5 nitrogen and oxygen atoms in total. The van der Waals surface area contributed by atoms with E-state index in [-0.39, 0.29) is 6.42 Å². The zero-order valence-electron chi connectivity index (χ0n) is 7.60. The molecule has 0 spiro atoms. The maximum atomic E-state index is 10.6. The average Bonchev–Trinajstić information content (AvgIpc) is 2.49. The highest BCUT2D eigenvalue weighted by molar-refractivity contribution is 5.74. The number of hydrogen-bond acceptors (Lipinski definition) is 3. The molecule has 13 heavy (non-hydrogen) atoms. The van der Waals surface area contributed by atoms with Gasteiger partial charge in [-0.05, 0) is 6.92 Å². The summed E-state index contributed by atoms with van der Waals surface area (Å²) in [6, 6.07) is -0.396. The number of nitrogens with zero attached hydrogens (tertiary/aromatic N) is 2. The topological polar surface area (TPSA) is 86.9 Å². The van der Waals surface area contributed by atoms with Crippen LogP contribution in [0.15, 0.2) is 12.4 Å². The summed E-state index contributed by atoms with van der Waals surface area (Å²) in [6.45, 7) is 2.78. The van der Waals surface area contributed by atoms with Crippen LogP contribution >= 0.6 is 0 Å². The normalized spacial score (nSPS) is 12.8. The number of imidazole rings is 1. The molecule has 0 unspecified atom stereocenters. The minimum absolute atomic E-state index is 0.136. The molecular weight excluding hydrogens is 168 g/mol. The van der Waals surface area contributed by atoms with Gasteiger partial charge in [-0.15, -0.1) is 0 Å². The fourth-order valence-corrected chi connectivity index (χ4v) is 1.22. The van der Waals surface area contributed by atoms with E-state index in [2.05, 4.69) is 4.98 Å². The van der Waals surface area contributed by atoms with Crippen molar-refractivity contribution in [2.75, 3.05) is 0 Å². The van der Waals surface area contributed by atoms with Gasteiger partial charge in [-0.1, -0.05) is 0 Å². The lowest BCUT2D eigenvalue weighted by atomic mass is 10.2. The van der Waals surface area contributed by atoms with Gasteiger partial charge in [-0.3, -0.25) is 4.79 Å². The highest BCUT2D eigenvalue weighted by atomic mass is 16.1. The zero-order valence-corrected chi connectivity index (χ0v) is 7.60. The van der Waals surface area contributed by atoms with E-state index in [1.165, 1.54) is 0 Å². The Bertz CT molecular complexity index is 294. The fourth-order valence-electron chi connectivity index (χ4n) is 1.22. The van der Waals surface area contributed by atoms with E-state index in [4.69, 9.17) is 11.5 Å². The largest absolute Gasteiger partial charge is 0.370 e. The molecule has 5 heteroatoms. The number of carbonyl (C=O) groups is 1. The van der Waals surface area contributed by atoms with E-state index in [0.29, 0.717) is 5.82 Å². The predicted molar refractivity (Wildman–Crippen MR) is 48.6 cm³/mol. The van der Waals surface area contributed by atoms with Crippen molar-refractivity contribution in [1.29, 1.82) is 0 Å². The van der Waals surface area contributed by atoms with Gasteiger partial charge in [0.25, 0.3) is 0 Å². The number of rotatable bonds is 4. The van der Waals surface area contributed by atoms with E-state index in [1.807, 2.05) is 17.7 Å². The quantitative estimate of drug-likeness (QED) is 0.674. The Labute approximate surface area is 76.7 Å². The molecular formula is C8H14N4O. The van der Waals surface area contributed by atoms with Crippen LogP contribution in [0.25, 0.3) is 0 Å². The number of primary amides is 1. The molecule has 4 N–H and O–H groups in total. The van der Waals surface area contributed by atoms with Crippen LogP contribution < -0.4 is 11.5 Å². The first kappa shape index (κ1) is 9.73. The Hall–Kier alpha value is -1.36. The number of hydrogen-bond donors (Lipinski definition) is 2. The second kappa shape index (κ2) is 4.04. The lowest BCUT2D eigenvalue weighted by Gasteiger charge is -2.10. The molecule has 0 aliphatic heterocycles.